The van der Waals surface area contributed by atoms with Crippen molar-refractivity contribution in [2.24, 2.45) is 11.7 Å². The molecule has 0 spiro atoms. The van der Waals surface area contributed by atoms with Gasteiger partial charge in [0.2, 0.25) is 10.0 Å². The van der Waals surface area contributed by atoms with Crippen LogP contribution in [0.3, 0.4) is 0 Å². The van der Waals surface area contributed by atoms with Crippen LogP contribution in [0.25, 0.3) is 0 Å². The highest BCUT2D eigenvalue weighted by Crippen LogP contribution is 2.32. The standard InChI is InChI=1S/C12H18Cl2N2O2S/c1-8(2)7-16(3)19(17,18)11-5-4-10(13)9(6-15)12(11)14/h4-5,8H,6-7,15H2,1-3H3. The Bertz CT molecular complexity index is 559. The largest absolute Gasteiger partial charge is 0.326 e. The first-order chi connectivity index (χ1) is 8.71. The van der Waals surface area contributed by atoms with Crippen LogP contribution in [-0.2, 0) is 16.6 Å². The molecule has 0 aromatic heterocycles. The molecule has 0 aliphatic rings. The first-order valence-electron chi connectivity index (χ1n) is 5.85. The molecule has 1 aromatic rings. The number of halogens is 2. The van der Waals surface area contributed by atoms with E-state index in [0.29, 0.717) is 17.1 Å². The SMILES string of the molecule is CC(C)CN(C)S(=O)(=O)c1ccc(Cl)c(CN)c1Cl. The number of nitrogens with two attached hydrogens (primary N) is 1. The lowest BCUT2D eigenvalue weighted by Crippen LogP contribution is -2.30. The maximum Gasteiger partial charge on any atom is 0.244 e. The second-order valence-electron chi connectivity index (χ2n) is 4.72. The van der Waals surface area contributed by atoms with Gasteiger partial charge in [-0.05, 0) is 18.1 Å². The summed E-state index contributed by atoms with van der Waals surface area (Å²) in [4.78, 5) is 0.0437. The molecule has 7 heteroatoms. The molecule has 0 radical (unpaired) electrons. The molecule has 0 amide bonds. The van der Waals surface area contributed by atoms with E-state index in [4.69, 9.17) is 28.9 Å². The molecule has 108 valence electrons. The van der Waals surface area contributed by atoms with E-state index < -0.39 is 10.0 Å². The average Bonchev–Trinajstić information content (AvgIpc) is 2.28. The lowest BCUT2D eigenvalue weighted by Gasteiger charge is -2.20. The number of nitrogens with zero attached hydrogens (tertiary/aromatic N) is 1. The van der Waals surface area contributed by atoms with Crippen molar-refractivity contribution in [3.63, 3.8) is 0 Å². The second-order valence-corrected chi connectivity index (χ2v) is 7.52. The number of benzene rings is 1. The topological polar surface area (TPSA) is 63.4 Å². The van der Waals surface area contributed by atoms with Crippen LogP contribution in [0.2, 0.25) is 10.0 Å². The van der Waals surface area contributed by atoms with Crippen molar-refractivity contribution in [3.8, 4) is 0 Å². The van der Waals surface area contributed by atoms with Gasteiger partial charge in [-0.25, -0.2) is 12.7 Å². The van der Waals surface area contributed by atoms with Gasteiger partial charge in [-0.2, -0.15) is 0 Å². The van der Waals surface area contributed by atoms with Crippen molar-refractivity contribution < 1.29 is 8.42 Å². The van der Waals surface area contributed by atoms with E-state index >= 15 is 0 Å². The summed E-state index contributed by atoms with van der Waals surface area (Å²) in [6, 6.07) is 2.92. The molecule has 0 saturated heterocycles. The fourth-order valence-electron chi connectivity index (χ4n) is 1.74. The van der Waals surface area contributed by atoms with E-state index in [2.05, 4.69) is 0 Å². The number of sulfonamides is 1. The first kappa shape index (κ1) is 16.7. The Labute approximate surface area is 124 Å². The quantitative estimate of drug-likeness (QED) is 0.905. The summed E-state index contributed by atoms with van der Waals surface area (Å²) in [7, 11) is -2.10. The van der Waals surface area contributed by atoms with Crippen LogP contribution < -0.4 is 5.73 Å². The van der Waals surface area contributed by atoms with E-state index in [1.165, 1.54) is 23.5 Å². The molecule has 0 atom stereocenters. The molecule has 19 heavy (non-hydrogen) atoms. The Morgan fingerprint density at radius 3 is 2.37 bits per heavy atom. The van der Waals surface area contributed by atoms with E-state index in [0.717, 1.165) is 0 Å². The monoisotopic (exact) mass is 324 g/mol. The minimum absolute atomic E-state index is 0.0437. The van der Waals surface area contributed by atoms with E-state index in [1.807, 2.05) is 13.8 Å². The predicted octanol–water partition coefficient (Wildman–Crippen LogP) is 2.73. The third kappa shape index (κ3) is 3.61. The number of hydrogen-bond donors (Lipinski definition) is 1. The van der Waals surface area contributed by atoms with Gasteiger partial charge in [-0.3, -0.25) is 0 Å². The highest BCUT2D eigenvalue weighted by molar-refractivity contribution is 7.89. The van der Waals surface area contributed by atoms with Crippen molar-refractivity contribution >= 4 is 33.2 Å². The lowest BCUT2D eigenvalue weighted by atomic mass is 10.2. The van der Waals surface area contributed by atoms with Crippen LogP contribution in [0.5, 0.6) is 0 Å². The van der Waals surface area contributed by atoms with Gasteiger partial charge in [0, 0.05) is 30.7 Å². The fraction of sp³-hybridized carbons (Fsp3) is 0.500. The number of rotatable bonds is 5. The van der Waals surface area contributed by atoms with Gasteiger partial charge in [0.25, 0.3) is 0 Å². The minimum atomic E-state index is -3.63. The summed E-state index contributed by atoms with van der Waals surface area (Å²) in [5.74, 6) is 0.222. The van der Waals surface area contributed by atoms with Crippen LogP contribution in [-0.4, -0.2) is 26.3 Å². The smallest absolute Gasteiger partial charge is 0.244 e. The molecule has 0 unspecified atom stereocenters. The van der Waals surface area contributed by atoms with Gasteiger partial charge in [0.05, 0.1) is 5.02 Å². The van der Waals surface area contributed by atoms with Crippen LogP contribution in [0.15, 0.2) is 17.0 Å². The van der Waals surface area contributed by atoms with Crippen molar-refractivity contribution in [1.82, 2.24) is 4.31 Å². The van der Waals surface area contributed by atoms with E-state index in [1.54, 1.807) is 0 Å². The molecule has 0 heterocycles. The van der Waals surface area contributed by atoms with Crippen molar-refractivity contribution in [1.29, 1.82) is 0 Å². The highest BCUT2D eigenvalue weighted by Gasteiger charge is 2.26. The minimum Gasteiger partial charge on any atom is -0.326 e. The lowest BCUT2D eigenvalue weighted by molar-refractivity contribution is 0.417. The highest BCUT2D eigenvalue weighted by atomic mass is 35.5. The zero-order valence-corrected chi connectivity index (χ0v) is 13.5. The van der Waals surface area contributed by atoms with Gasteiger partial charge in [0.1, 0.15) is 4.90 Å². The van der Waals surface area contributed by atoms with Gasteiger partial charge < -0.3 is 5.73 Å². The van der Waals surface area contributed by atoms with Crippen LogP contribution >= 0.6 is 23.2 Å². The molecule has 2 N–H and O–H groups in total. The molecule has 0 aliphatic carbocycles. The molecule has 0 saturated carbocycles. The Balaban J connectivity index is 3.30. The Morgan fingerprint density at radius 2 is 1.89 bits per heavy atom. The van der Waals surface area contributed by atoms with E-state index in [9.17, 15) is 8.42 Å². The summed E-state index contributed by atoms with van der Waals surface area (Å²) in [5.41, 5.74) is 5.99. The predicted molar refractivity (Wildman–Crippen MR) is 79.0 cm³/mol. The van der Waals surface area contributed by atoms with Gasteiger partial charge in [0.15, 0.2) is 0 Å². The molecule has 1 rings (SSSR count). The fourth-order valence-corrected chi connectivity index (χ4v) is 3.98. The normalized spacial score (nSPS) is 12.4. The zero-order valence-electron chi connectivity index (χ0n) is 11.2. The Morgan fingerprint density at radius 1 is 1.32 bits per heavy atom. The summed E-state index contributed by atoms with van der Waals surface area (Å²) < 4.78 is 26.1. The Hall–Kier alpha value is -0.330. The Kier molecular flexibility index (Phi) is 5.65. The van der Waals surface area contributed by atoms with Crippen molar-refractivity contribution in [2.75, 3.05) is 13.6 Å². The van der Waals surface area contributed by atoms with Crippen LogP contribution in [0, 0.1) is 5.92 Å². The molecule has 1 aromatic carbocycles. The molecule has 0 aliphatic heterocycles. The molecule has 4 nitrogen and oxygen atoms in total. The van der Waals surface area contributed by atoms with Crippen molar-refractivity contribution in [2.45, 2.75) is 25.3 Å². The van der Waals surface area contributed by atoms with Gasteiger partial charge in [-0.15, -0.1) is 0 Å². The third-order valence-electron chi connectivity index (χ3n) is 2.67. The van der Waals surface area contributed by atoms with Gasteiger partial charge in [-0.1, -0.05) is 37.0 Å². The summed E-state index contributed by atoms with van der Waals surface area (Å²) in [6.07, 6.45) is 0. The van der Waals surface area contributed by atoms with Crippen LogP contribution in [0.1, 0.15) is 19.4 Å². The molecule has 0 bridgehead atoms. The molecular formula is C12H18Cl2N2O2S. The molecule has 0 fully saturated rings. The second kappa shape index (κ2) is 6.41. The summed E-state index contributed by atoms with van der Waals surface area (Å²) in [5, 5.41) is 0.476. The maximum atomic E-state index is 12.4. The zero-order chi connectivity index (χ0) is 14.8. The van der Waals surface area contributed by atoms with Crippen molar-refractivity contribution in [3.05, 3.63) is 27.7 Å². The average molecular weight is 325 g/mol. The van der Waals surface area contributed by atoms with E-state index in [-0.39, 0.29) is 22.4 Å². The summed E-state index contributed by atoms with van der Waals surface area (Å²) in [6.45, 7) is 4.40. The third-order valence-corrected chi connectivity index (χ3v) is 5.43. The maximum absolute atomic E-state index is 12.4. The van der Waals surface area contributed by atoms with Gasteiger partial charge >= 0.3 is 0 Å². The summed E-state index contributed by atoms with van der Waals surface area (Å²) >= 11 is 12.1. The first-order valence-corrected chi connectivity index (χ1v) is 8.04. The molecular weight excluding hydrogens is 307 g/mol. The van der Waals surface area contributed by atoms with Crippen LogP contribution in [0.4, 0.5) is 0 Å². The number of hydrogen-bond acceptors (Lipinski definition) is 3.